The van der Waals surface area contributed by atoms with Gasteiger partial charge in [0.15, 0.2) is 5.65 Å². The monoisotopic (exact) mass is 344 g/mol. The molecule has 26 heavy (non-hydrogen) atoms. The summed E-state index contributed by atoms with van der Waals surface area (Å²) < 4.78 is 7.09. The van der Waals surface area contributed by atoms with Crippen molar-refractivity contribution < 1.29 is 4.74 Å². The van der Waals surface area contributed by atoms with E-state index in [1.54, 1.807) is 7.11 Å². The van der Waals surface area contributed by atoms with Crippen LogP contribution in [-0.2, 0) is 0 Å². The summed E-state index contributed by atoms with van der Waals surface area (Å²) in [6.45, 7) is 2.12. The van der Waals surface area contributed by atoms with Crippen molar-refractivity contribution in [3.05, 3.63) is 78.5 Å². The maximum absolute atomic E-state index is 5.23. The molecule has 0 unspecified atom stereocenters. The molecule has 0 aliphatic heterocycles. The molecule has 2 aromatic heterocycles. The number of hydrogen-bond acceptors (Lipinski definition) is 4. The van der Waals surface area contributed by atoms with Gasteiger partial charge < -0.3 is 10.1 Å². The molecule has 0 saturated heterocycles. The topological polar surface area (TPSA) is 51.5 Å². The van der Waals surface area contributed by atoms with Crippen LogP contribution in [-0.4, -0.2) is 21.7 Å². The molecule has 130 valence electrons. The van der Waals surface area contributed by atoms with Crippen molar-refractivity contribution in [3.8, 4) is 17.0 Å². The summed E-state index contributed by atoms with van der Waals surface area (Å²) in [4.78, 5) is 4.46. The highest BCUT2D eigenvalue weighted by Crippen LogP contribution is 2.24. The Morgan fingerprint density at radius 2 is 1.73 bits per heavy atom. The fourth-order valence-electron chi connectivity index (χ4n) is 2.96. The van der Waals surface area contributed by atoms with Crippen molar-refractivity contribution in [3.63, 3.8) is 0 Å². The summed E-state index contributed by atoms with van der Waals surface area (Å²) in [5.41, 5.74) is 4.02. The lowest BCUT2D eigenvalue weighted by molar-refractivity contribution is 0.415. The number of benzene rings is 2. The SMILES string of the molecule is COc1ccc(-c2cnc3ccc(N[C@H](C)c4ccccc4)nn23)cc1. The molecule has 4 aromatic rings. The molecule has 1 atom stereocenters. The van der Waals surface area contributed by atoms with Gasteiger partial charge in [-0.1, -0.05) is 30.3 Å². The normalized spacial score (nSPS) is 12.1. The predicted molar refractivity (Wildman–Crippen MR) is 103 cm³/mol. The van der Waals surface area contributed by atoms with Gasteiger partial charge in [0, 0.05) is 11.6 Å². The fourth-order valence-corrected chi connectivity index (χ4v) is 2.96. The summed E-state index contributed by atoms with van der Waals surface area (Å²) in [6.07, 6.45) is 1.84. The van der Waals surface area contributed by atoms with Crippen LogP contribution in [0.25, 0.3) is 16.9 Å². The minimum atomic E-state index is 0.161. The number of anilines is 1. The first-order valence-corrected chi connectivity index (χ1v) is 8.55. The zero-order chi connectivity index (χ0) is 17.9. The quantitative estimate of drug-likeness (QED) is 0.576. The molecule has 0 saturated carbocycles. The van der Waals surface area contributed by atoms with Crippen molar-refractivity contribution in [2.24, 2.45) is 0 Å². The van der Waals surface area contributed by atoms with Crippen LogP contribution in [0.5, 0.6) is 5.75 Å². The van der Waals surface area contributed by atoms with Crippen LogP contribution in [0.4, 0.5) is 5.82 Å². The van der Waals surface area contributed by atoms with Crippen LogP contribution in [0.2, 0.25) is 0 Å². The van der Waals surface area contributed by atoms with Crippen LogP contribution in [0, 0.1) is 0 Å². The molecular formula is C21H20N4O. The van der Waals surface area contributed by atoms with Gasteiger partial charge >= 0.3 is 0 Å². The molecule has 0 fully saturated rings. The van der Waals surface area contributed by atoms with Crippen LogP contribution in [0.1, 0.15) is 18.5 Å². The van der Waals surface area contributed by atoms with Crippen molar-refractivity contribution >= 4 is 11.5 Å². The lowest BCUT2D eigenvalue weighted by Gasteiger charge is -2.15. The first kappa shape index (κ1) is 16.1. The molecule has 5 heteroatoms. The number of rotatable bonds is 5. The molecular weight excluding hydrogens is 324 g/mol. The third-order valence-electron chi connectivity index (χ3n) is 4.41. The average molecular weight is 344 g/mol. The minimum Gasteiger partial charge on any atom is -0.497 e. The first-order chi connectivity index (χ1) is 12.7. The van der Waals surface area contributed by atoms with Gasteiger partial charge in [-0.05, 0) is 48.9 Å². The Hall–Kier alpha value is -3.34. The Balaban J connectivity index is 1.66. The lowest BCUT2D eigenvalue weighted by Crippen LogP contribution is -2.09. The third-order valence-corrected chi connectivity index (χ3v) is 4.41. The molecule has 5 nitrogen and oxygen atoms in total. The van der Waals surface area contributed by atoms with E-state index in [0.717, 1.165) is 28.5 Å². The molecule has 0 bridgehead atoms. The number of aromatic nitrogens is 3. The standard InChI is InChI=1S/C21H20N4O/c1-15(16-6-4-3-5-7-16)23-20-12-13-21-22-14-19(25(21)24-20)17-8-10-18(26-2)11-9-17/h3-15H,1-2H3,(H,23,24)/t15-/m1/s1. The number of nitrogens with zero attached hydrogens (tertiary/aromatic N) is 3. The minimum absolute atomic E-state index is 0.161. The smallest absolute Gasteiger partial charge is 0.154 e. The highest BCUT2D eigenvalue weighted by molar-refractivity contribution is 5.64. The van der Waals surface area contributed by atoms with E-state index in [1.807, 2.05) is 65.3 Å². The molecule has 1 N–H and O–H groups in total. The molecule has 2 aromatic carbocycles. The zero-order valence-corrected chi connectivity index (χ0v) is 14.8. The second kappa shape index (κ2) is 6.88. The molecule has 0 aliphatic carbocycles. The number of ether oxygens (including phenoxy) is 1. The van der Waals surface area contributed by atoms with E-state index in [4.69, 9.17) is 9.84 Å². The van der Waals surface area contributed by atoms with Gasteiger partial charge in [0.05, 0.1) is 19.0 Å². The summed E-state index contributed by atoms with van der Waals surface area (Å²) in [7, 11) is 1.66. The lowest BCUT2D eigenvalue weighted by atomic mass is 10.1. The van der Waals surface area contributed by atoms with Crippen LogP contribution < -0.4 is 10.1 Å². The van der Waals surface area contributed by atoms with E-state index in [0.29, 0.717) is 0 Å². The molecule has 0 aliphatic rings. The van der Waals surface area contributed by atoms with Crippen molar-refractivity contribution in [1.29, 1.82) is 0 Å². The molecule has 0 radical (unpaired) electrons. The Labute approximate surface area is 152 Å². The molecule has 0 amide bonds. The van der Waals surface area contributed by atoms with E-state index < -0.39 is 0 Å². The van der Waals surface area contributed by atoms with Crippen molar-refractivity contribution in [1.82, 2.24) is 14.6 Å². The van der Waals surface area contributed by atoms with Crippen LogP contribution in [0.3, 0.4) is 0 Å². The number of nitrogens with one attached hydrogen (secondary N) is 1. The summed E-state index contributed by atoms with van der Waals surface area (Å²) in [5.74, 6) is 1.64. The van der Waals surface area contributed by atoms with Crippen molar-refractivity contribution in [2.45, 2.75) is 13.0 Å². The van der Waals surface area contributed by atoms with Gasteiger partial charge in [-0.2, -0.15) is 0 Å². The average Bonchev–Trinajstić information content (AvgIpc) is 3.12. The highest BCUT2D eigenvalue weighted by atomic mass is 16.5. The van der Waals surface area contributed by atoms with E-state index >= 15 is 0 Å². The Kier molecular flexibility index (Phi) is 4.27. The summed E-state index contributed by atoms with van der Waals surface area (Å²) in [6, 6.07) is 22.3. The largest absolute Gasteiger partial charge is 0.497 e. The van der Waals surface area contributed by atoms with Gasteiger partial charge in [0.1, 0.15) is 11.6 Å². The zero-order valence-electron chi connectivity index (χ0n) is 14.8. The third kappa shape index (κ3) is 3.11. The summed E-state index contributed by atoms with van der Waals surface area (Å²) in [5, 5.41) is 8.19. The maximum atomic E-state index is 5.23. The van der Waals surface area contributed by atoms with Crippen LogP contribution >= 0.6 is 0 Å². The van der Waals surface area contributed by atoms with Gasteiger partial charge in [-0.3, -0.25) is 0 Å². The second-order valence-electron chi connectivity index (χ2n) is 6.14. The second-order valence-corrected chi connectivity index (χ2v) is 6.14. The molecule has 4 rings (SSSR count). The molecule has 0 spiro atoms. The number of methoxy groups -OCH3 is 1. The number of hydrogen-bond donors (Lipinski definition) is 1. The Morgan fingerprint density at radius 1 is 0.962 bits per heavy atom. The summed E-state index contributed by atoms with van der Waals surface area (Å²) >= 11 is 0. The van der Waals surface area contributed by atoms with E-state index in [1.165, 1.54) is 5.56 Å². The number of imidazole rings is 1. The van der Waals surface area contributed by atoms with E-state index in [-0.39, 0.29) is 6.04 Å². The van der Waals surface area contributed by atoms with Gasteiger partial charge in [0.25, 0.3) is 0 Å². The van der Waals surface area contributed by atoms with Crippen LogP contribution in [0.15, 0.2) is 72.9 Å². The molecule has 2 heterocycles. The van der Waals surface area contributed by atoms with E-state index in [9.17, 15) is 0 Å². The van der Waals surface area contributed by atoms with Crippen molar-refractivity contribution in [2.75, 3.05) is 12.4 Å². The van der Waals surface area contributed by atoms with Gasteiger partial charge in [0.2, 0.25) is 0 Å². The fraction of sp³-hybridized carbons (Fsp3) is 0.143. The van der Waals surface area contributed by atoms with Gasteiger partial charge in [-0.15, -0.1) is 5.10 Å². The highest BCUT2D eigenvalue weighted by Gasteiger charge is 2.10. The Morgan fingerprint density at radius 3 is 2.46 bits per heavy atom. The number of fused-ring (bicyclic) bond motifs is 1. The van der Waals surface area contributed by atoms with E-state index in [2.05, 4.69) is 29.4 Å². The predicted octanol–water partition coefficient (Wildman–Crippen LogP) is 4.58. The maximum Gasteiger partial charge on any atom is 0.154 e. The van der Waals surface area contributed by atoms with Gasteiger partial charge in [-0.25, -0.2) is 9.50 Å². The Bertz CT molecular complexity index is 1010. The first-order valence-electron chi connectivity index (χ1n) is 8.55.